The van der Waals surface area contributed by atoms with Gasteiger partial charge in [0.15, 0.2) is 5.82 Å². The molecule has 59 heavy (non-hydrogen) atoms. The van der Waals surface area contributed by atoms with Gasteiger partial charge in [-0.15, -0.1) is 0 Å². The van der Waals surface area contributed by atoms with E-state index in [-0.39, 0.29) is 42.6 Å². The van der Waals surface area contributed by atoms with Crippen molar-refractivity contribution in [2.45, 2.75) is 76.5 Å². The molecule has 5 fully saturated rings. The lowest BCUT2D eigenvalue weighted by atomic mass is 9.81. The molecule has 3 saturated heterocycles. The molecule has 2 aliphatic carbocycles. The van der Waals surface area contributed by atoms with Crippen LogP contribution in [-0.4, -0.2) is 130 Å². The second-order valence-corrected chi connectivity index (χ2v) is 17.9. The minimum atomic E-state index is -0.753. The van der Waals surface area contributed by atoms with Crippen LogP contribution >= 0.6 is 0 Å². The molecule has 3 amide bonds. The second-order valence-electron chi connectivity index (χ2n) is 17.9. The molecule has 0 bridgehead atoms. The van der Waals surface area contributed by atoms with Gasteiger partial charge < -0.3 is 19.4 Å². The predicted octanol–water partition coefficient (Wildman–Crippen LogP) is 4.60. The maximum atomic E-state index is 15.9. The first-order chi connectivity index (χ1) is 28.7. The number of amides is 3. The lowest BCUT2D eigenvalue weighted by Gasteiger charge is -2.40. The van der Waals surface area contributed by atoms with Gasteiger partial charge in [0.05, 0.1) is 23.4 Å². The molecule has 4 aliphatic heterocycles. The summed E-state index contributed by atoms with van der Waals surface area (Å²) in [7, 11) is 0. The van der Waals surface area contributed by atoms with Crippen molar-refractivity contribution in [3.63, 3.8) is 0 Å². The summed E-state index contributed by atoms with van der Waals surface area (Å²) in [5, 5.41) is 11.1. The number of anilines is 2. The number of fused-ring (bicyclic) bond motifs is 2. The summed E-state index contributed by atoms with van der Waals surface area (Å²) in [5.74, 6) is 1.68. The topological polar surface area (TPSA) is 143 Å². The average molecular weight is 805 g/mol. The van der Waals surface area contributed by atoms with Gasteiger partial charge in [0.2, 0.25) is 11.8 Å². The summed E-state index contributed by atoms with van der Waals surface area (Å²) >= 11 is 0. The number of rotatable bonds is 10. The molecule has 0 radical (unpaired) electrons. The number of benzene rings is 2. The maximum absolute atomic E-state index is 15.9. The van der Waals surface area contributed by atoms with Crippen LogP contribution in [0.2, 0.25) is 0 Å². The van der Waals surface area contributed by atoms with Crippen molar-refractivity contribution in [1.29, 1.82) is 0 Å². The van der Waals surface area contributed by atoms with Crippen LogP contribution in [0.5, 0.6) is 5.75 Å². The van der Waals surface area contributed by atoms with Crippen molar-refractivity contribution < 1.29 is 23.5 Å². The number of imide groups is 1. The number of carbonyl (C=O) groups is 3. The van der Waals surface area contributed by atoms with E-state index in [2.05, 4.69) is 64.1 Å². The van der Waals surface area contributed by atoms with Crippen LogP contribution in [0.25, 0.3) is 22.3 Å². The Morgan fingerprint density at radius 2 is 1.53 bits per heavy atom. The zero-order valence-corrected chi connectivity index (χ0v) is 33.8. The van der Waals surface area contributed by atoms with Gasteiger partial charge in [-0.1, -0.05) is 0 Å². The number of aromatic nitrogens is 4. The van der Waals surface area contributed by atoms with E-state index in [1.54, 1.807) is 18.5 Å². The Kier molecular flexibility index (Phi) is 9.98. The summed E-state index contributed by atoms with van der Waals surface area (Å²) in [6.07, 6.45) is 9.29. The van der Waals surface area contributed by atoms with Gasteiger partial charge in [0, 0.05) is 94.4 Å². The molecule has 0 spiro atoms. The largest absolute Gasteiger partial charge is 0.488 e. The van der Waals surface area contributed by atoms with E-state index in [1.165, 1.54) is 30.6 Å². The average Bonchev–Trinajstić information content (AvgIpc) is 3.66. The van der Waals surface area contributed by atoms with E-state index in [4.69, 9.17) is 4.74 Å². The molecule has 4 aromatic rings. The highest BCUT2D eigenvalue weighted by molar-refractivity contribution is 6.05. The lowest BCUT2D eigenvalue weighted by molar-refractivity contribution is -0.136. The quantitative estimate of drug-likeness (QED) is 0.217. The Bertz CT molecular complexity index is 2250. The zero-order valence-electron chi connectivity index (χ0n) is 33.8. The van der Waals surface area contributed by atoms with Crippen LogP contribution in [0.1, 0.15) is 74.2 Å². The molecule has 2 saturated carbocycles. The number of halogens is 1. The first kappa shape index (κ1) is 38.1. The Balaban J connectivity index is 0.667. The first-order valence-corrected chi connectivity index (χ1v) is 21.6. The third kappa shape index (κ3) is 7.74. The number of carbonyl (C=O) groups excluding carboxylic acids is 3. The van der Waals surface area contributed by atoms with E-state index in [1.807, 2.05) is 12.1 Å². The van der Waals surface area contributed by atoms with E-state index in [0.717, 1.165) is 118 Å². The fraction of sp³-hybridized carbons (Fsp3) is 0.545. The number of piperazine rings is 2. The first-order valence-electron chi connectivity index (χ1n) is 21.6. The lowest BCUT2D eigenvalue weighted by Crippen LogP contribution is -2.52. The third-order valence-corrected chi connectivity index (χ3v) is 13.8. The number of hydrogen-bond acceptors (Lipinski definition) is 11. The van der Waals surface area contributed by atoms with E-state index in [0.29, 0.717) is 22.7 Å². The molecule has 310 valence electrons. The minimum Gasteiger partial charge on any atom is -0.488 e. The molecule has 10 rings (SSSR count). The molecular formula is C44H53FN10O4. The molecule has 6 aliphatic rings. The standard InChI is InChI=1S/C44H53FN10O4/c1-44(12-13-44)59-30-6-8-34-32(22-30)41(50-49-34)35-23-38(47-27-46-35)54-20-16-52(17-21-54)25-29-4-2-28(3-5-29)24-51-14-18-53(19-15-51)36-9-7-31-33(40(36)45)26-55(43(31)58)37-10-11-39(56)48-42(37)57/h6-9,22-23,27-29,37H,2-5,10-21,24-26H2,1H3,(H,49,50)(H,48,56,57)/t28-,29-,37?. The Morgan fingerprint density at radius 3 is 2.20 bits per heavy atom. The molecular weight excluding hydrogens is 752 g/mol. The highest BCUT2D eigenvalue weighted by Gasteiger charge is 2.42. The Morgan fingerprint density at radius 1 is 0.831 bits per heavy atom. The molecule has 14 nitrogen and oxygen atoms in total. The summed E-state index contributed by atoms with van der Waals surface area (Å²) in [6.45, 7) is 11.6. The zero-order chi connectivity index (χ0) is 40.3. The van der Waals surface area contributed by atoms with Crippen molar-refractivity contribution in [3.05, 3.63) is 59.7 Å². The minimum absolute atomic E-state index is 0.0444. The molecule has 2 N–H and O–H groups in total. The summed E-state index contributed by atoms with van der Waals surface area (Å²) < 4.78 is 22.2. The second kappa shape index (κ2) is 15.5. The fourth-order valence-electron chi connectivity index (χ4n) is 9.96. The maximum Gasteiger partial charge on any atom is 0.255 e. The number of nitrogens with one attached hydrogen (secondary N) is 2. The van der Waals surface area contributed by atoms with Gasteiger partial charge in [-0.05, 0) is 94.0 Å². The number of piperidine rings is 1. The summed E-state index contributed by atoms with van der Waals surface area (Å²) in [4.78, 5) is 57.5. The van der Waals surface area contributed by atoms with Crippen LogP contribution < -0.4 is 19.9 Å². The number of nitrogens with zero attached hydrogens (tertiary/aromatic N) is 8. The van der Waals surface area contributed by atoms with E-state index in [9.17, 15) is 14.4 Å². The van der Waals surface area contributed by atoms with Crippen LogP contribution in [0.3, 0.4) is 0 Å². The highest BCUT2D eigenvalue weighted by Crippen LogP contribution is 2.41. The number of hydrogen-bond donors (Lipinski definition) is 2. The molecule has 6 heterocycles. The number of aromatic amines is 1. The molecule has 2 aromatic heterocycles. The molecule has 1 unspecified atom stereocenters. The predicted molar refractivity (Wildman–Crippen MR) is 221 cm³/mol. The Hall–Kier alpha value is -5.15. The van der Waals surface area contributed by atoms with Crippen LogP contribution in [-0.2, 0) is 16.1 Å². The van der Waals surface area contributed by atoms with Gasteiger partial charge in [-0.3, -0.25) is 34.6 Å². The van der Waals surface area contributed by atoms with Gasteiger partial charge in [0.25, 0.3) is 5.91 Å². The van der Waals surface area contributed by atoms with Crippen molar-refractivity contribution in [3.8, 4) is 17.1 Å². The van der Waals surface area contributed by atoms with E-state index >= 15 is 4.39 Å². The fourth-order valence-corrected chi connectivity index (χ4v) is 9.96. The normalized spacial score (nSPS) is 25.1. The SMILES string of the molecule is CC1(Oc2ccc3[nH]nc(-c4cc(N5CCN(C[C@H]6CC[C@H](CN7CCN(c8ccc9c(c8F)CN(C8CCC(=O)NC8=O)C9=O)CC7)CC6)CC5)ncn4)c3c2)CC1. The number of ether oxygens (including phenoxy) is 1. The third-order valence-electron chi connectivity index (χ3n) is 13.8. The molecule has 15 heteroatoms. The van der Waals surface area contributed by atoms with Crippen molar-refractivity contribution >= 4 is 40.1 Å². The van der Waals surface area contributed by atoms with Crippen LogP contribution in [0, 0.1) is 17.7 Å². The van der Waals surface area contributed by atoms with Gasteiger partial charge in [0.1, 0.15) is 35.2 Å². The van der Waals surface area contributed by atoms with Gasteiger partial charge in [-0.25, -0.2) is 14.4 Å². The van der Waals surface area contributed by atoms with Crippen molar-refractivity contribution in [2.24, 2.45) is 11.8 Å². The van der Waals surface area contributed by atoms with Gasteiger partial charge >= 0.3 is 0 Å². The summed E-state index contributed by atoms with van der Waals surface area (Å²) in [6, 6.07) is 10.8. The van der Waals surface area contributed by atoms with E-state index < -0.39 is 11.9 Å². The molecule has 1 atom stereocenters. The van der Waals surface area contributed by atoms with Crippen molar-refractivity contribution in [1.82, 2.24) is 40.2 Å². The van der Waals surface area contributed by atoms with Crippen LogP contribution in [0.15, 0.2) is 42.7 Å². The van der Waals surface area contributed by atoms with Gasteiger partial charge in [-0.2, -0.15) is 5.10 Å². The molecule has 2 aromatic carbocycles. The summed E-state index contributed by atoms with van der Waals surface area (Å²) in [5.41, 5.74) is 3.73. The number of H-pyrrole nitrogens is 1. The highest BCUT2D eigenvalue weighted by atomic mass is 19.1. The smallest absolute Gasteiger partial charge is 0.255 e. The Labute approximate surface area is 343 Å². The van der Waals surface area contributed by atoms with Crippen molar-refractivity contribution in [2.75, 3.05) is 75.2 Å². The van der Waals surface area contributed by atoms with Crippen LogP contribution in [0.4, 0.5) is 15.9 Å². The monoisotopic (exact) mass is 804 g/mol.